The summed E-state index contributed by atoms with van der Waals surface area (Å²) in [5.41, 5.74) is 0. The van der Waals surface area contributed by atoms with E-state index in [2.05, 4.69) is 15.4 Å². The lowest BCUT2D eigenvalue weighted by molar-refractivity contribution is -0.134. The second kappa shape index (κ2) is 5.84. The average Bonchev–Trinajstić information content (AvgIpc) is 2.78. The lowest BCUT2D eigenvalue weighted by Crippen LogP contribution is -2.37. The van der Waals surface area contributed by atoms with Gasteiger partial charge in [-0.3, -0.25) is 14.3 Å². The first-order valence-electron chi connectivity index (χ1n) is 4.90. The molecule has 0 atom stereocenters. The number of rotatable bonds is 5. The lowest BCUT2D eigenvalue weighted by atomic mass is 10.3. The van der Waals surface area contributed by atoms with Crippen LogP contribution in [0.5, 0.6) is 0 Å². The van der Waals surface area contributed by atoms with Gasteiger partial charge < -0.3 is 10.2 Å². The molecule has 1 N–H and O–H groups in total. The Morgan fingerprint density at radius 3 is 2.81 bits per heavy atom. The number of carbonyl (C=O) groups is 2. The fourth-order valence-corrected chi connectivity index (χ4v) is 1.13. The van der Waals surface area contributed by atoms with E-state index in [0.717, 1.165) is 0 Å². The third-order valence-electron chi connectivity index (χ3n) is 2.11. The Morgan fingerprint density at radius 2 is 2.25 bits per heavy atom. The molecule has 0 spiro atoms. The van der Waals surface area contributed by atoms with Crippen molar-refractivity contribution >= 4 is 11.8 Å². The van der Waals surface area contributed by atoms with Gasteiger partial charge in [0.25, 0.3) is 0 Å². The van der Waals surface area contributed by atoms with Gasteiger partial charge in [0, 0.05) is 20.5 Å². The summed E-state index contributed by atoms with van der Waals surface area (Å²) in [6.45, 7) is 0.545. The number of aromatic nitrogens is 3. The first-order valence-corrected chi connectivity index (χ1v) is 4.90. The van der Waals surface area contributed by atoms with E-state index in [1.54, 1.807) is 18.1 Å². The number of amides is 2. The molecule has 0 radical (unpaired) electrons. The maximum absolute atomic E-state index is 11.6. The smallest absolute Gasteiger partial charge is 0.239 e. The molecule has 7 heteroatoms. The van der Waals surface area contributed by atoms with E-state index in [4.69, 9.17) is 0 Å². The third-order valence-corrected chi connectivity index (χ3v) is 2.11. The van der Waals surface area contributed by atoms with Crippen LogP contribution < -0.4 is 5.32 Å². The maximum atomic E-state index is 11.6. The second-order valence-corrected chi connectivity index (χ2v) is 3.33. The number of aryl methyl sites for hydroxylation is 1. The predicted molar refractivity (Wildman–Crippen MR) is 56.3 cm³/mol. The Balaban J connectivity index is 2.31. The van der Waals surface area contributed by atoms with Crippen LogP contribution in [-0.4, -0.2) is 52.1 Å². The summed E-state index contributed by atoms with van der Waals surface area (Å²) in [5.74, 6) is -0.282. The van der Waals surface area contributed by atoms with Crippen LogP contribution in [0.25, 0.3) is 0 Å². The first kappa shape index (κ1) is 12.2. The fourth-order valence-electron chi connectivity index (χ4n) is 1.13. The summed E-state index contributed by atoms with van der Waals surface area (Å²) in [5, 5.41) is 6.34. The van der Waals surface area contributed by atoms with E-state index in [1.165, 1.54) is 18.3 Å². The summed E-state index contributed by atoms with van der Waals surface area (Å²) in [6.07, 6.45) is 3.27. The van der Waals surface area contributed by atoms with Crippen molar-refractivity contribution in [1.29, 1.82) is 0 Å². The highest BCUT2D eigenvalue weighted by Gasteiger charge is 2.11. The molecule has 0 aliphatic carbocycles. The minimum absolute atomic E-state index is 0.0761. The molecule has 0 saturated heterocycles. The summed E-state index contributed by atoms with van der Waals surface area (Å²) >= 11 is 0. The van der Waals surface area contributed by atoms with Gasteiger partial charge in [0.2, 0.25) is 11.8 Å². The number of nitrogens with zero attached hydrogens (tertiary/aromatic N) is 4. The number of hydrogen-bond donors (Lipinski definition) is 1. The van der Waals surface area contributed by atoms with Crippen molar-refractivity contribution in [2.24, 2.45) is 0 Å². The largest absolute Gasteiger partial charge is 0.358 e. The molecule has 1 rings (SSSR count). The van der Waals surface area contributed by atoms with Gasteiger partial charge in [0.15, 0.2) is 0 Å². The molecule has 16 heavy (non-hydrogen) atoms. The lowest BCUT2D eigenvalue weighted by Gasteiger charge is -2.15. The van der Waals surface area contributed by atoms with E-state index in [0.29, 0.717) is 13.0 Å². The van der Waals surface area contributed by atoms with Gasteiger partial charge in [0.05, 0.1) is 13.1 Å². The fraction of sp³-hybridized carbons (Fsp3) is 0.556. The van der Waals surface area contributed by atoms with Crippen molar-refractivity contribution < 1.29 is 9.59 Å². The average molecular weight is 225 g/mol. The van der Waals surface area contributed by atoms with Crippen LogP contribution in [0.4, 0.5) is 0 Å². The zero-order valence-corrected chi connectivity index (χ0v) is 9.38. The zero-order chi connectivity index (χ0) is 12.0. The predicted octanol–water partition coefficient (Wildman–Crippen LogP) is -1.13. The van der Waals surface area contributed by atoms with Crippen LogP contribution in [0.3, 0.4) is 0 Å². The molecule has 2 amide bonds. The molecule has 0 fully saturated rings. The van der Waals surface area contributed by atoms with Gasteiger partial charge in [-0.05, 0) is 0 Å². The number of likely N-dealkylation sites (N-methyl/N-ethyl adjacent to an activating group) is 2. The van der Waals surface area contributed by atoms with Crippen molar-refractivity contribution in [1.82, 2.24) is 25.0 Å². The molecule has 0 aliphatic heterocycles. The van der Waals surface area contributed by atoms with Crippen LogP contribution in [0.15, 0.2) is 12.7 Å². The molecular formula is C9H15N5O2. The van der Waals surface area contributed by atoms with Gasteiger partial charge in [0.1, 0.15) is 12.7 Å². The Morgan fingerprint density at radius 1 is 1.50 bits per heavy atom. The highest BCUT2D eigenvalue weighted by atomic mass is 16.2. The Labute approximate surface area is 93.4 Å². The van der Waals surface area contributed by atoms with E-state index in [-0.39, 0.29) is 18.4 Å². The number of carbonyl (C=O) groups excluding carboxylic acids is 2. The molecule has 1 aromatic heterocycles. The molecular weight excluding hydrogens is 210 g/mol. The Hall–Kier alpha value is -1.92. The molecule has 1 heterocycles. The topological polar surface area (TPSA) is 80.1 Å². The van der Waals surface area contributed by atoms with Gasteiger partial charge in [-0.1, -0.05) is 0 Å². The monoisotopic (exact) mass is 225 g/mol. The van der Waals surface area contributed by atoms with Gasteiger partial charge in [-0.25, -0.2) is 4.98 Å². The SMILES string of the molecule is CNC(=O)CN(C)C(=O)CCn1cncn1. The minimum atomic E-state index is -0.184. The standard InChI is InChI=1S/C9H15N5O2/c1-10-8(15)5-13(2)9(16)3-4-14-7-11-6-12-14/h6-7H,3-5H2,1-2H3,(H,10,15). The molecule has 0 aromatic carbocycles. The van der Waals surface area contributed by atoms with Crippen LogP contribution in [0.2, 0.25) is 0 Å². The van der Waals surface area contributed by atoms with E-state index >= 15 is 0 Å². The molecule has 0 bridgehead atoms. The highest BCUT2D eigenvalue weighted by molar-refractivity contribution is 5.84. The maximum Gasteiger partial charge on any atom is 0.239 e. The van der Waals surface area contributed by atoms with Crippen LogP contribution in [-0.2, 0) is 16.1 Å². The van der Waals surface area contributed by atoms with E-state index in [9.17, 15) is 9.59 Å². The Kier molecular flexibility index (Phi) is 4.43. The minimum Gasteiger partial charge on any atom is -0.358 e. The summed E-state index contributed by atoms with van der Waals surface area (Å²) < 4.78 is 1.58. The highest BCUT2D eigenvalue weighted by Crippen LogP contribution is 1.93. The third kappa shape index (κ3) is 3.68. The van der Waals surface area contributed by atoms with Crippen molar-refractivity contribution in [3.8, 4) is 0 Å². The summed E-state index contributed by atoms with van der Waals surface area (Å²) in [6, 6.07) is 0. The van der Waals surface area contributed by atoms with Crippen LogP contribution >= 0.6 is 0 Å². The van der Waals surface area contributed by atoms with Gasteiger partial charge in [-0.2, -0.15) is 5.10 Å². The van der Waals surface area contributed by atoms with E-state index in [1.807, 2.05) is 0 Å². The quantitative estimate of drug-likeness (QED) is 0.687. The van der Waals surface area contributed by atoms with Crippen molar-refractivity contribution in [2.75, 3.05) is 20.6 Å². The second-order valence-electron chi connectivity index (χ2n) is 3.33. The summed E-state index contributed by atoms with van der Waals surface area (Å²) in [7, 11) is 3.13. The van der Waals surface area contributed by atoms with Gasteiger partial charge in [-0.15, -0.1) is 0 Å². The molecule has 0 saturated carbocycles. The molecule has 7 nitrogen and oxygen atoms in total. The number of hydrogen-bond acceptors (Lipinski definition) is 4. The normalized spacial score (nSPS) is 9.88. The zero-order valence-electron chi connectivity index (χ0n) is 9.38. The van der Waals surface area contributed by atoms with Crippen molar-refractivity contribution in [3.63, 3.8) is 0 Å². The van der Waals surface area contributed by atoms with Gasteiger partial charge >= 0.3 is 0 Å². The van der Waals surface area contributed by atoms with Crippen molar-refractivity contribution in [2.45, 2.75) is 13.0 Å². The molecule has 1 aromatic rings. The van der Waals surface area contributed by atoms with Crippen LogP contribution in [0, 0.1) is 0 Å². The van der Waals surface area contributed by atoms with Crippen LogP contribution in [0.1, 0.15) is 6.42 Å². The number of nitrogens with one attached hydrogen (secondary N) is 1. The van der Waals surface area contributed by atoms with E-state index < -0.39 is 0 Å². The molecule has 0 aliphatic rings. The molecule has 0 unspecified atom stereocenters. The first-order chi connectivity index (χ1) is 7.63. The molecule has 88 valence electrons. The van der Waals surface area contributed by atoms with Crippen molar-refractivity contribution in [3.05, 3.63) is 12.7 Å². The Bertz CT molecular complexity index is 349. The summed E-state index contributed by atoms with van der Waals surface area (Å²) in [4.78, 5) is 27.8.